The number of anilines is 1. The third-order valence-electron chi connectivity index (χ3n) is 6.38. The molecule has 2 aromatic carbocycles. The van der Waals surface area contributed by atoms with Gasteiger partial charge in [0.15, 0.2) is 0 Å². The van der Waals surface area contributed by atoms with Crippen LogP contribution in [0.4, 0.5) is 10.5 Å². The summed E-state index contributed by atoms with van der Waals surface area (Å²) in [7, 11) is 0.311. The zero-order valence-corrected chi connectivity index (χ0v) is 16.4. The average molecular weight is 375 g/mol. The Morgan fingerprint density at radius 2 is 1.68 bits per heavy atom. The summed E-state index contributed by atoms with van der Waals surface area (Å²) in [6.07, 6.45) is 5.10. The van der Waals surface area contributed by atoms with Gasteiger partial charge in [0.25, 0.3) is 7.28 Å². The largest absolute Gasteiger partial charge is 0.489 e. The minimum absolute atomic E-state index is 0.105. The normalized spacial score (nSPS) is 21.2. The van der Waals surface area contributed by atoms with Gasteiger partial charge in [-0.25, -0.2) is 0 Å². The van der Waals surface area contributed by atoms with E-state index in [1.165, 1.54) is 22.3 Å². The van der Waals surface area contributed by atoms with E-state index in [2.05, 4.69) is 42.5 Å². The summed E-state index contributed by atoms with van der Waals surface area (Å²) in [6, 6.07) is 15.2. The highest BCUT2D eigenvalue weighted by atomic mass is 16.4. The third-order valence-corrected chi connectivity index (χ3v) is 6.38. The maximum absolute atomic E-state index is 11.7. The SMILES string of the molecule is CC(=O)N1CCc2cc(-c3ccc(C4CCC(BC(=O)O)CC4)cc3)ccc21. The second kappa shape index (κ2) is 7.82. The molecule has 0 unspecified atom stereocenters. The summed E-state index contributed by atoms with van der Waals surface area (Å²) in [5, 5.41) is 8.97. The van der Waals surface area contributed by atoms with Crippen molar-refractivity contribution in [2.24, 2.45) is 0 Å². The van der Waals surface area contributed by atoms with E-state index in [0.29, 0.717) is 19.0 Å². The van der Waals surface area contributed by atoms with E-state index in [0.717, 1.165) is 44.3 Å². The van der Waals surface area contributed by atoms with E-state index in [4.69, 9.17) is 5.11 Å². The molecule has 5 heteroatoms. The number of fused-ring (bicyclic) bond motifs is 1. The molecule has 1 heterocycles. The molecule has 1 N–H and O–H groups in total. The van der Waals surface area contributed by atoms with Gasteiger partial charge >= 0.3 is 0 Å². The van der Waals surface area contributed by atoms with Gasteiger partial charge in [-0.2, -0.15) is 0 Å². The van der Waals surface area contributed by atoms with Crippen molar-refractivity contribution in [1.82, 2.24) is 0 Å². The minimum atomic E-state index is -0.673. The third kappa shape index (κ3) is 3.84. The highest BCUT2D eigenvalue weighted by Gasteiger charge is 2.25. The van der Waals surface area contributed by atoms with Gasteiger partial charge in [-0.05, 0) is 59.6 Å². The molecular formula is C23H26BNO3. The summed E-state index contributed by atoms with van der Waals surface area (Å²) in [5.74, 6) is 0.319. The number of carboxylic acid groups (broad SMARTS) is 1. The maximum Gasteiger partial charge on any atom is 0.263 e. The minimum Gasteiger partial charge on any atom is -0.489 e. The number of nitrogens with zero attached hydrogens (tertiary/aromatic N) is 1. The maximum atomic E-state index is 11.7. The Morgan fingerprint density at radius 3 is 2.32 bits per heavy atom. The Labute approximate surface area is 166 Å². The van der Waals surface area contributed by atoms with Crippen molar-refractivity contribution >= 4 is 24.7 Å². The Kier molecular flexibility index (Phi) is 5.25. The zero-order valence-electron chi connectivity index (χ0n) is 16.4. The van der Waals surface area contributed by atoms with Crippen LogP contribution in [0.3, 0.4) is 0 Å². The molecule has 0 atom stereocenters. The average Bonchev–Trinajstić information content (AvgIpc) is 3.12. The quantitative estimate of drug-likeness (QED) is 0.780. The van der Waals surface area contributed by atoms with Crippen molar-refractivity contribution in [1.29, 1.82) is 0 Å². The fourth-order valence-electron chi connectivity index (χ4n) is 4.80. The highest BCUT2D eigenvalue weighted by Crippen LogP contribution is 2.39. The van der Waals surface area contributed by atoms with Crippen LogP contribution in [0, 0.1) is 0 Å². The Bertz CT molecular complexity index is 885. The number of hydrogen-bond donors (Lipinski definition) is 1. The topological polar surface area (TPSA) is 57.6 Å². The molecule has 1 aliphatic heterocycles. The van der Waals surface area contributed by atoms with Gasteiger partial charge in [0.1, 0.15) is 0 Å². The highest BCUT2D eigenvalue weighted by molar-refractivity contribution is 6.72. The summed E-state index contributed by atoms with van der Waals surface area (Å²) in [6.45, 7) is 2.40. The van der Waals surface area contributed by atoms with Gasteiger partial charge in [0, 0.05) is 19.2 Å². The lowest BCUT2D eigenvalue weighted by atomic mass is 9.57. The monoisotopic (exact) mass is 375 g/mol. The molecule has 0 spiro atoms. The first kappa shape index (κ1) is 18.8. The standard InChI is InChI=1S/C23H26BNO3/c1-15(26)25-13-12-20-14-19(8-11-22(20)25)18-4-2-16(3-5-18)17-6-9-21(10-7-17)24-23(27)28/h2-5,8,11,14,17,21,24H,6-7,9-10,12-13H2,1H3,(H,27,28). The predicted molar refractivity (Wildman–Crippen MR) is 114 cm³/mol. The second-order valence-corrected chi connectivity index (χ2v) is 8.20. The van der Waals surface area contributed by atoms with Crippen LogP contribution >= 0.6 is 0 Å². The molecular weight excluding hydrogens is 349 g/mol. The van der Waals surface area contributed by atoms with Crippen LogP contribution in [-0.2, 0) is 11.2 Å². The molecule has 1 fully saturated rings. The van der Waals surface area contributed by atoms with Crippen LogP contribution in [0.15, 0.2) is 42.5 Å². The molecule has 144 valence electrons. The van der Waals surface area contributed by atoms with Crippen molar-refractivity contribution in [3.05, 3.63) is 53.6 Å². The first-order valence-electron chi connectivity index (χ1n) is 10.2. The molecule has 1 aliphatic carbocycles. The molecule has 2 aromatic rings. The zero-order chi connectivity index (χ0) is 19.7. The Morgan fingerprint density at radius 1 is 1.00 bits per heavy atom. The van der Waals surface area contributed by atoms with Gasteiger partial charge in [-0.15, -0.1) is 0 Å². The van der Waals surface area contributed by atoms with E-state index in [1.807, 2.05) is 4.90 Å². The van der Waals surface area contributed by atoms with E-state index >= 15 is 0 Å². The molecule has 4 nitrogen and oxygen atoms in total. The first-order chi connectivity index (χ1) is 13.5. The van der Waals surface area contributed by atoms with Crippen LogP contribution < -0.4 is 4.90 Å². The second-order valence-electron chi connectivity index (χ2n) is 8.20. The van der Waals surface area contributed by atoms with Gasteiger partial charge in [-0.1, -0.05) is 49.0 Å². The van der Waals surface area contributed by atoms with Gasteiger partial charge in [-0.3, -0.25) is 9.59 Å². The fourth-order valence-corrected chi connectivity index (χ4v) is 4.80. The lowest BCUT2D eigenvalue weighted by Crippen LogP contribution is -2.25. The number of amides is 1. The predicted octanol–water partition coefficient (Wildman–Crippen LogP) is 4.82. The van der Waals surface area contributed by atoms with Crippen molar-refractivity contribution in [2.45, 2.75) is 50.8 Å². The van der Waals surface area contributed by atoms with E-state index in [9.17, 15) is 9.59 Å². The Hall–Kier alpha value is -2.56. The van der Waals surface area contributed by atoms with Crippen molar-refractivity contribution in [2.75, 3.05) is 11.4 Å². The smallest absolute Gasteiger partial charge is 0.263 e. The number of rotatable bonds is 4. The van der Waals surface area contributed by atoms with Gasteiger partial charge < -0.3 is 10.0 Å². The van der Waals surface area contributed by atoms with Crippen molar-refractivity contribution in [3.63, 3.8) is 0 Å². The Balaban J connectivity index is 1.44. The summed E-state index contributed by atoms with van der Waals surface area (Å²) < 4.78 is 0. The number of carbonyl (C=O) groups excluding carboxylic acids is 1. The summed E-state index contributed by atoms with van der Waals surface area (Å²) >= 11 is 0. The first-order valence-corrected chi connectivity index (χ1v) is 10.2. The molecule has 1 amide bonds. The van der Waals surface area contributed by atoms with E-state index in [1.54, 1.807) is 6.92 Å². The molecule has 28 heavy (non-hydrogen) atoms. The fraction of sp³-hybridized carbons (Fsp3) is 0.391. The van der Waals surface area contributed by atoms with E-state index < -0.39 is 5.87 Å². The lowest BCUT2D eigenvalue weighted by Gasteiger charge is -2.27. The van der Waals surface area contributed by atoms with Crippen molar-refractivity contribution < 1.29 is 14.7 Å². The molecule has 2 aliphatic rings. The number of carbonyl (C=O) groups is 2. The van der Waals surface area contributed by atoms with Gasteiger partial charge in [0.2, 0.25) is 11.8 Å². The van der Waals surface area contributed by atoms with Gasteiger partial charge in [0.05, 0.1) is 0 Å². The number of hydrogen-bond acceptors (Lipinski definition) is 2. The van der Waals surface area contributed by atoms with Crippen molar-refractivity contribution in [3.8, 4) is 11.1 Å². The molecule has 0 radical (unpaired) electrons. The molecule has 0 aromatic heterocycles. The summed E-state index contributed by atoms with van der Waals surface area (Å²) in [4.78, 5) is 24.5. The van der Waals surface area contributed by atoms with Crippen LogP contribution in [0.25, 0.3) is 11.1 Å². The van der Waals surface area contributed by atoms with Crippen LogP contribution in [0.2, 0.25) is 5.82 Å². The van der Waals surface area contributed by atoms with E-state index in [-0.39, 0.29) is 5.91 Å². The van der Waals surface area contributed by atoms with Crippen LogP contribution in [0.5, 0.6) is 0 Å². The molecule has 0 bridgehead atoms. The molecule has 4 rings (SSSR count). The number of benzene rings is 2. The summed E-state index contributed by atoms with van der Waals surface area (Å²) in [5.41, 5.74) is 6.05. The molecule has 1 saturated carbocycles. The van der Waals surface area contributed by atoms with Crippen LogP contribution in [-0.4, -0.2) is 30.7 Å². The lowest BCUT2D eigenvalue weighted by molar-refractivity contribution is -0.116. The van der Waals surface area contributed by atoms with Crippen LogP contribution in [0.1, 0.15) is 49.7 Å². The molecule has 0 saturated heterocycles.